The van der Waals surface area contributed by atoms with Crippen LogP contribution in [0.4, 0.5) is 4.39 Å². The molecule has 1 aliphatic heterocycles. The molecule has 28 heavy (non-hydrogen) atoms. The van der Waals surface area contributed by atoms with E-state index < -0.39 is 15.8 Å². The first-order valence-corrected chi connectivity index (χ1v) is 10.7. The van der Waals surface area contributed by atoms with Crippen molar-refractivity contribution in [1.82, 2.24) is 9.21 Å². The Labute approximate surface area is 165 Å². The van der Waals surface area contributed by atoms with Crippen LogP contribution in [0.15, 0.2) is 35.2 Å². The first-order chi connectivity index (χ1) is 13.1. The number of hydrogen-bond donors (Lipinski definition) is 0. The molecule has 150 valence electrons. The van der Waals surface area contributed by atoms with Gasteiger partial charge in [-0.2, -0.15) is 4.31 Å². The topological polar surface area (TPSA) is 57.7 Å². The molecule has 0 saturated carbocycles. The summed E-state index contributed by atoms with van der Waals surface area (Å²) in [6.45, 7) is 8.59. The van der Waals surface area contributed by atoms with Gasteiger partial charge in [0.2, 0.25) is 10.0 Å². The third-order valence-electron chi connectivity index (χ3n) is 5.51. The number of nitrogens with zero attached hydrogens (tertiary/aromatic N) is 2. The summed E-state index contributed by atoms with van der Waals surface area (Å²) in [7, 11) is -3.64. The summed E-state index contributed by atoms with van der Waals surface area (Å²) in [5.74, 6) is -0.609. The number of hydrogen-bond acceptors (Lipinski definition) is 3. The number of halogens is 1. The van der Waals surface area contributed by atoms with Crippen LogP contribution in [-0.2, 0) is 10.0 Å². The Morgan fingerprint density at radius 3 is 1.89 bits per heavy atom. The van der Waals surface area contributed by atoms with Crippen LogP contribution < -0.4 is 0 Å². The van der Waals surface area contributed by atoms with Crippen molar-refractivity contribution in [2.24, 2.45) is 0 Å². The fourth-order valence-electron chi connectivity index (χ4n) is 3.60. The van der Waals surface area contributed by atoms with Gasteiger partial charge < -0.3 is 4.90 Å². The minimum atomic E-state index is -3.64. The van der Waals surface area contributed by atoms with Crippen molar-refractivity contribution in [3.05, 3.63) is 64.0 Å². The Bertz CT molecular complexity index is 983. The lowest BCUT2D eigenvalue weighted by Crippen LogP contribution is -2.50. The highest BCUT2D eigenvalue weighted by atomic mass is 32.2. The zero-order valence-corrected chi connectivity index (χ0v) is 17.4. The minimum absolute atomic E-state index is 0.212. The van der Waals surface area contributed by atoms with Crippen molar-refractivity contribution in [2.75, 3.05) is 26.2 Å². The number of carbonyl (C=O) groups excluding carboxylic acids is 1. The fourth-order valence-corrected chi connectivity index (χ4v) is 5.60. The summed E-state index contributed by atoms with van der Waals surface area (Å²) in [4.78, 5) is 14.6. The fraction of sp³-hybridized carbons (Fsp3) is 0.381. The molecule has 0 radical (unpaired) electrons. The lowest BCUT2D eigenvalue weighted by atomic mass is 10.0. The molecule has 0 unspecified atom stereocenters. The van der Waals surface area contributed by atoms with Crippen molar-refractivity contribution in [3.63, 3.8) is 0 Å². The average Bonchev–Trinajstić information content (AvgIpc) is 2.66. The Morgan fingerprint density at radius 1 is 0.893 bits per heavy atom. The molecule has 0 spiro atoms. The van der Waals surface area contributed by atoms with Crippen LogP contribution in [0.5, 0.6) is 0 Å². The number of aryl methyl sites for hydroxylation is 2. The Morgan fingerprint density at radius 2 is 1.39 bits per heavy atom. The standard InChI is InChI=1S/C21H25FN2O3S/c1-14-13-15(2)17(4)20(16(14)3)28(26,27)24-11-9-23(10-12-24)21(25)18-5-7-19(22)8-6-18/h5-8,13H,9-12H2,1-4H3. The van der Waals surface area contributed by atoms with Gasteiger partial charge in [-0.15, -0.1) is 0 Å². The zero-order valence-electron chi connectivity index (χ0n) is 16.6. The molecule has 7 heteroatoms. The third kappa shape index (κ3) is 3.69. The second-order valence-electron chi connectivity index (χ2n) is 7.29. The van der Waals surface area contributed by atoms with Crippen molar-refractivity contribution >= 4 is 15.9 Å². The van der Waals surface area contributed by atoms with E-state index in [0.717, 1.165) is 22.3 Å². The molecule has 1 saturated heterocycles. The zero-order chi connectivity index (χ0) is 20.6. The van der Waals surface area contributed by atoms with Crippen LogP contribution in [0.25, 0.3) is 0 Å². The van der Waals surface area contributed by atoms with Gasteiger partial charge in [0.05, 0.1) is 4.90 Å². The second kappa shape index (κ2) is 7.64. The quantitative estimate of drug-likeness (QED) is 0.789. The van der Waals surface area contributed by atoms with Gasteiger partial charge in [0, 0.05) is 31.7 Å². The van der Waals surface area contributed by atoms with Gasteiger partial charge in [0.15, 0.2) is 0 Å². The van der Waals surface area contributed by atoms with Gasteiger partial charge in [-0.3, -0.25) is 4.79 Å². The van der Waals surface area contributed by atoms with Gasteiger partial charge in [-0.25, -0.2) is 12.8 Å². The lowest BCUT2D eigenvalue weighted by Gasteiger charge is -2.34. The minimum Gasteiger partial charge on any atom is -0.336 e. The smallest absolute Gasteiger partial charge is 0.253 e. The summed E-state index contributed by atoms with van der Waals surface area (Å²) in [5.41, 5.74) is 3.85. The summed E-state index contributed by atoms with van der Waals surface area (Å²) in [5, 5.41) is 0. The van der Waals surface area contributed by atoms with Crippen LogP contribution >= 0.6 is 0 Å². The molecule has 1 aliphatic rings. The Kier molecular flexibility index (Phi) is 5.59. The molecule has 1 heterocycles. The number of rotatable bonds is 3. The van der Waals surface area contributed by atoms with Gasteiger partial charge in [0.1, 0.15) is 5.82 Å². The number of carbonyl (C=O) groups is 1. The number of piperazine rings is 1. The second-order valence-corrected chi connectivity index (χ2v) is 9.17. The molecule has 0 aromatic heterocycles. The maximum absolute atomic E-state index is 13.3. The van der Waals surface area contributed by atoms with E-state index in [0.29, 0.717) is 23.5 Å². The lowest BCUT2D eigenvalue weighted by molar-refractivity contribution is 0.0698. The highest BCUT2D eigenvalue weighted by Crippen LogP contribution is 2.29. The monoisotopic (exact) mass is 404 g/mol. The van der Waals surface area contributed by atoms with Gasteiger partial charge >= 0.3 is 0 Å². The molecule has 5 nitrogen and oxygen atoms in total. The maximum atomic E-state index is 13.3. The third-order valence-corrected chi connectivity index (χ3v) is 7.69. The molecule has 1 amide bonds. The molecule has 0 aliphatic carbocycles. The number of benzene rings is 2. The predicted molar refractivity (Wildman–Crippen MR) is 106 cm³/mol. The van der Waals surface area contributed by atoms with E-state index >= 15 is 0 Å². The van der Waals surface area contributed by atoms with Crippen molar-refractivity contribution in [1.29, 1.82) is 0 Å². The summed E-state index contributed by atoms with van der Waals surface area (Å²) < 4.78 is 41.1. The average molecular weight is 405 g/mol. The molecule has 3 rings (SSSR count). The van der Waals surface area contributed by atoms with E-state index in [-0.39, 0.29) is 19.0 Å². The highest BCUT2D eigenvalue weighted by molar-refractivity contribution is 7.89. The Hall–Kier alpha value is -2.25. The summed E-state index contributed by atoms with van der Waals surface area (Å²) in [6, 6.07) is 7.40. The van der Waals surface area contributed by atoms with Gasteiger partial charge in [-0.05, 0) is 74.2 Å². The first kappa shape index (κ1) is 20.5. The number of amides is 1. The van der Waals surface area contributed by atoms with Crippen LogP contribution in [0, 0.1) is 33.5 Å². The predicted octanol–water partition coefficient (Wildman–Crippen LogP) is 3.21. The van der Waals surface area contributed by atoms with Crippen molar-refractivity contribution < 1.29 is 17.6 Å². The number of sulfonamides is 1. The van der Waals surface area contributed by atoms with E-state index in [9.17, 15) is 17.6 Å². The van der Waals surface area contributed by atoms with Crippen LogP contribution in [0.1, 0.15) is 32.6 Å². The van der Waals surface area contributed by atoms with E-state index in [1.807, 2.05) is 33.8 Å². The molecule has 2 aromatic rings. The SMILES string of the molecule is Cc1cc(C)c(C)c(S(=O)(=O)N2CCN(C(=O)c3ccc(F)cc3)CC2)c1C. The molecule has 0 bridgehead atoms. The molecular formula is C21H25FN2O3S. The highest BCUT2D eigenvalue weighted by Gasteiger charge is 2.33. The van der Waals surface area contributed by atoms with Crippen LogP contribution in [0.3, 0.4) is 0 Å². The van der Waals surface area contributed by atoms with Crippen LogP contribution in [-0.4, -0.2) is 49.7 Å². The van der Waals surface area contributed by atoms with Gasteiger partial charge in [0.25, 0.3) is 5.91 Å². The first-order valence-electron chi connectivity index (χ1n) is 9.25. The van der Waals surface area contributed by atoms with Gasteiger partial charge in [-0.1, -0.05) is 6.07 Å². The molecule has 0 atom stereocenters. The summed E-state index contributed by atoms with van der Waals surface area (Å²) in [6.07, 6.45) is 0. The molecule has 2 aromatic carbocycles. The van der Waals surface area contributed by atoms with E-state index in [2.05, 4.69) is 0 Å². The van der Waals surface area contributed by atoms with Crippen LogP contribution in [0.2, 0.25) is 0 Å². The molecule has 0 N–H and O–H groups in total. The van der Waals surface area contributed by atoms with Crippen molar-refractivity contribution in [2.45, 2.75) is 32.6 Å². The van der Waals surface area contributed by atoms with E-state index in [4.69, 9.17) is 0 Å². The maximum Gasteiger partial charge on any atom is 0.253 e. The largest absolute Gasteiger partial charge is 0.336 e. The summed E-state index contributed by atoms with van der Waals surface area (Å²) >= 11 is 0. The molecular weight excluding hydrogens is 379 g/mol. The molecule has 1 fully saturated rings. The normalized spacial score (nSPS) is 15.7. The Balaban J connectivity index is 1.79. The van der Waals surface area contributed by atoms with E-state index in [1.54, 1.807) is 4.90 Å². The van der Waals surface area contributed by atoms with E-state index in [1.165, 1.54) is 28.6 Å². The van der Waals surface area contributed by atoms with Crippen molar-refractivity contribution in [3.8, 4) is 0 Å².